The first-order valence-corrected chi connectivity index (χ1v) is 12.1. The lowest BCUT2D eigenvalue weighted by molar-refractivity contribution is -0.147. The summed E-state index contributed by atoms with van der Waals surface area (Å²) in [6, 6.07) is 15.6. The molecule has 0 spiro atoms. The molecule has 0 aromatic heterocycles. The van der Waals surface area contributed by atoms with Gasteiger partial charge < -0.3 is 24.8 Å². The van der Waals surface area contributed by atoms with Gasteiger partial charge in [0.1, 0.15) is 18.1 Å². The number of nitrogens with one attached hydrogen (secondary N) is 1. The molecule has 1 aliphatic heterocycles. The van der Waals surface area contributed by atoms with Gasteiger partial charge in [0.2, 0.25) is 5.91 Å². The molecular formula is C27H32N2O6. The van der Waals surface area contributed by atoms with E-state index < -0.39 is 29.6 Å². The Morgan fingerprint density at radius 2 is 1.66 bits per heavy atom. The Labute approximate surface area is 205 Å². The summed E-state index contributed by atoms with van der Waals surface area (Å²) in [4.78, 5) is 39.5. The fourth-order valence-corrected chi connectivity index (χ4v) is 5.08. The number of amides is 2. The predicted molar refractivity (Wildman–Crippen MR) is 130 cm³/mol. The number of benzene rings is 2. The first-order chi connectivity index (χ1) is 16.8. The van der Waals surface area contributed by atoms with Gasteiger partial charge in [0, 0.05) is 12.5 Å². The van der Waals surface area contributed by atoms with E-state index in [0.29, 0.717) is 13.0 Å². The van der Waals surface area contributed by atoms with Crippen LogP contribution in [0.3, 0.4) is 0 Å². The first-order valence-electron chi connectivity index (χ1n) is 12.1. The molecule has 186 valence electrons. The standard InChI is InChI=1S/C27H32N2O6/c1-4-27(3,25(32)29(5-2)23-16-34-14-22(23)24(30)31)28-26(33)35-15-21-19-12-8-6-10-17(19)18-11-7-9-13-20(18)21/h6-13,21-23H,4-5,14-16H2,1-3H3,(H,28,33)(H,30,31). The maximum Gasteiger partial charge on any atom is 0.408 e. The molecule has 2 aliphatic rings. The summed E-state index contributed by atoms with van der Waals surface area (Å²) < 4.78 is 11.0. The number of carboxylic acids is 1. The Morgan fingerprint density at radius 1 is 1.06 bits per heavy atom. The van der Waals surface area contributed by atoms with Crippen LogP contribution in [0.2, 0.25) is 0 Å². The van der Waals surface area contributed by atoms with Gasteiger partial charge in [0.25, 0.3) is 0 Å². The number of carboxylic acid groups (broad SMARTS) is 1. The third-order valence-corrected chi connectivity index (χ3v) is 7.27. The average molecular weight is 481 g/mol. The highest BCUT2D eigenvalue weighted by molar-refractivity contribution is 5.90. The number of hydrogen-bond donors (Lipinski definition) is 2. The minimum atomic E-state index is -1.25. The van der Waals surface area contributed by atoms with Crippen molar-refractivity contribution in [2.24, 2.45) is 5.92 Å². The van der Waals surface area contributed by atoms with Crippen LogP contribution >= 0.6 is 0 Å². The molecule has 1 saturated heterocycles. The molecule has 1 aliphatic carbocycles. The fraction of sp³-hybridized carbons (Fsp3) is 0.444. The number of rotatable bonds is 8. The highest BCUT2D eigenvalue weighted by Gasteiger charge is 2.45. The lowest BCUT2D eigenvalue weighted by Crippen LogP contribution is -2.61. The molecule has 1 heterocycles. The van der Waals surface area contributed by atoms with Gasteiger partial charge in [-0.15, -0.1) is 0 Å². The smallest absolute Gasteiger partial charge is 0.408 e. The first kappa shape index (κ1) is 24.7. The Kier molecular flexibility index (Phi) is 7.12. The van der Waals surface area contributed by atoms with E-state index in [-0.39, 0.29) is 31.6 Å². The van der Waals surface area contributed by atoms with Crippen LogP contribution in [0.1, 0.15) is 44.2 Å². The van der Waals surface area contributed by atoms with Gasteiger partial charge in [-0.25, -0.2) is 4.79 Å². The van der Waals surface area contributed by atoms with E-state index >= 15 is 0 Å². The number of hydrogen-bond acceptors (Lipinski definition) is 5. The van der Waals surface area contributed by atoms with Crippen molar-refractivity contribution in [3.8, 4) is 11.1 Å². The predicted octanol–water partition coefficient (Wildman–Crippen LogP) is 3.64. The van der Waals surface area contributed by atoms with Gasteiger partial charge in [0.05, 0.1) is 19.3 Å². The molecule has 0 bridgehead atoms. The van der Waals surface area contributed by atoms with E-state index in [0.717, 1.165) is 22.3 Å². The van der Waals surface area contributed by atoms with Gasteiger partial charge >= 0.3 is 12.1 Å². The third-order valence-electron chi connectivity index (χ3n) is 7.27. The lowest BCUT2D eigenvalue weighted by Gasteiger charge is -2.37. The molecule has 2 aromatic rings. The van der Waals surface area contributed by atoms with Crippen LogP contribution < -0.4 is 5.32 Å². The summed E-state index contributed by atoms with van der Waals surface area (Å²) in [5.41, 5.74) is 3.24. The fourth-order valence-electron chi connectivity index (χ4n) is 5.08. The number of carbonyl (C=O) groups excluding carboxylic acids is 2. The molecule has 35 heavy (non-hydrogen) atoms. The molecule has 3 atom stereocenters. The second-order valence-corrected chi connectivity index (χ2v) is 9.28. The maximum atomic E-state index is 13.5. The van der Waals surface area contributed by atoms with Crippen molar-refractivity contribution in [2.75, 3.05) is 26.4 Å². The molecular weight excluding hydrogens is 448 g/mol. The van der Waals surface area contributed by atoms with Crippen molar-refractivity contribution in [3.05, 3.63) is 59.7 Å². The minimum Gasteiger partial charge on any atom is -0.481 e. The van der Waals surface area contributed by atoms with Crippen LogP contribution in [0.15, 0.2) is 48.5 Å². The maximum absolute atomic E-state index is 13.5. The van der Waals surface area contributed by atoms with E-state index in [1.54, 1.807) is 20.8 Å². The van der Waals surface area contributed by atoms with Crippen LogP contribution in [0.25, 0.3) is 11.1 Å². The molecule has 0 saturated carbocycles. The molecule has 4 rings (SSSR count). The zero-order chi connectivity index (χ0) is 25.2. The summed E-state index contributed by atoms with van der Waals surface area (Å²) in [6.07, 6.45) is -0.365. The second kappa shape index (κ2) is 10.1. The van der Waals surface area contributed by atoms with Gasteiger partial charge in [-0.05, 0) is 42.5 Å². The van der Waals surface area contributed by atoms with Crippen molar-refractivity contribution >= 4 is 18.0 Å². The Bertz CT molecular complexity index is 1070. The van der Waals surface area contributed by atoms with Crippen LogP contribution in [0.5, 0.6) is 0 Å². The van der Waals surface area contributed by atoms with E-state index in [2.05, 4.69) is 17.4 Å². The minimum absolute atomic E-state index is 0.0619. The highest BCUT2D eigenvalue weighted by Crippen LogP contribution is 2.44. The number of ether oxygens (including phenoxy) is 2. The summed E-state index contributed by atoms with van der Waals surface area (Å²) in [5.74, 6) is -2.23. The van der Waals surface area contributed by atoms with Gasteiger partial charge in [0.15, 0.2) is 0 Å². The SMILES string of the molecule is CCN(C(=O)C(C)(CC)NC(=O)OCC1c2ccccc2-c2ccccc21)C1COCC1C(=O)O. The number of alkyl carbamates (subject to hydrolysis) is 1. The highest BCUT2D eigenvalue weighted by atomic mass is 16.5. The second-order valence-electron chi connectivity index (χ2n) is 9.28. The molecule has 0 radical (unpaired) electrons. The van der Waals surface area contributed by atoms with Crippen molar-refractivity contribution in [1.29, 1.82) is 0 Å². The van der Waals surface area contributed by atoms with Crippen LogP contribution in [0, 0.1) is 5.92 Å². The van der Waals surface area contributed by atoms with Gasteiger partial charge in [-0.1, -0.05) is 55.5 Å². The Balaban J connectivity index is 1.46. The zero-order valence-electron chi connectivity index (χ0n) is 20.3. The van der Waals surface area contributed by atoms with Crippen LogP contribution in [-0.4, -0.2) is 65.9 Å². The zero-order valence-corrected chi connectivity index (χ0v) is 20.3. The molecule has 1 fully saturated rings. The van der Waals surface area contributed by atoms with Crippen LogP contribution in [-0.2, 0) is 19.1 Å². The van der Waals surface area contributed by atoms with Gasteiger partial charge in [-0.2, -0.15) is 0 Å². The number of aliphatic carboxylic acids is 1. The topological polar surface area (TPSA) is 105 Å². The van der Waals surface area contributed by atoms with E-state index in [4.69, 9.17) is 9.47 Å². The third kappa shape index (κ3) is 4.62. The monoisotopic (exact) mass is 480 g/mol. The summed E-state index contributed by atoms with van der Waals surface area (Å²) in [7, 11) is 0. The lowest BCUT2D eigenvalue weighted by atomic mass is 9.94. The molecule has 3 unspecified atom stereocenters. The van der Waals surface area contributed by atoms with E-state index in [1.807, 2.05) is 36.4 Å². The number of likely N-dealkylation sites (N-methyl/N-ethyl adjacent to an activating group) is 1. The molecule has 2 aromatic carbocycles. The van der Waals surface area contributed by atoms with Gasteiger partial charge in [-0.3, -0.25) is 9.59 Å². The molecule has 8 nitrogen and oxygen atoms in total. The van der Waals surface area contributed by atoms with E-state index in [9.17, 15) is 19.5 Å². The van der Waals surface area contributed by atoms with E-state index in [1.165, 1.54) is 4.90 Å². The summed E-state index contributed by atoms with van der Waals surface area (Å²) in [5, 5.41) is 12.3. The Morgan fingerprint density at radius 3 is 2.20 bits per heavy atom. The number of nitrogens with zero attached hydrogens (tertiary/aromatic N) is 1. The molecule has 2 N–H and O–H groups in total. The van der Waals surface area contributed by atoms with Crippen molar-refractivity contribution < 1.29 is 29.0 Å². The van der Waals surface area contributed by atoms with Crippen molar-refractivity contribution in [1.82, 2.24) is 10.2 Å². The number of carbonyl (C=O) groups is 3. The molecule has 8 heteroatoms. The van der Waals surface area contributed by atoms with Crippen molar-refractivity contribution in [3.63, 3.8) is 0 Å². The molecule has 2 amide bonds. The normalized spacial score (nSPS) is 20.4. The Hall–Kier alpha value is -3.39. The summed E-state index contributed by atoms with van der Waals surface area (Å²) >= 11 is 0. The van der Waals surface area contributed by atoms with Crippen LogP contribution in [0.4, 0.5) is 4.79 Å². The quantitative estimate of drug-likeness (QED) is 0.598. The van der Waals surface area contributed by atoms with Crippen molar-refractivity contribution in [2.45, 2.75) is 44.7 Å². The number of fused-ring (bicyclic) bond motifs is 3. The summed E-state index contributed by atoms with van der Waals surface area (Å²) in [6.45, 7) is 5.90. The largest absolute Gasteiger partial charge is 0.481 e. The average Bonchev–Trinajstić information content (AvgIpc) is 3.46.